The van der Waals surface area contributed by atoms with Crippen molar-refractivity contribution in [2.24, 2.45) is 0 Å². The predicted molar refractivity (Wildman–Crippen MR) is 78.0 cm³/mol. The van der Waals surface area contributed by atoms with Gasteiger partial charge in [-0.3, -0.25) is 9.59 Å². The summed E-state index contributed by atoms with van der Waals surface area (Å²) in [6, 6.07) is 0.0378. The number of carbonyl (C=O) groups excluding carboxylic acids is 2. The number of carbonyl (C=O) groups is 2. The molecule has 1 fully saturated rings. The second-order valence-corrected chi connectivity index (χ2v) is 6.45. The van der Waals surface area contributed by atoms with Gasteiger partial charge in [0.25, 0.3) is 5.91 Å². The molecule has 1 aliphatic rings. The Bertz CT molecular complexity index is 498. The van der Waals surface area contributed by atoms with Gasteiger partial charge in [0.1, 0.15) is 10.7 Å². The zero-order valence-corrected chi connectivity index (χ0v) is 13.1. The lowest BCUT2D eigenvalue weighted by atomic mass is 9.97. The molecule has 6 heteroatoms. The maximum Gasteiger partial charge on any atom is 0.267 e. The lowest BCUT2D eigenvalue weighted by molar-refractivity contribution is -0.118. The predicted octanol–water partition coefficient (Wildman–Crippen LogP) is 2.64. The molecule has 2 rings (SSSR count). The third-order valence-corrected chi connectivity index (χ3v) is 4.40. The first-order valence-corrected chi connectivity index (χ1v) is 7.90. The van der Waals surface area contributed by atoms with E-state index in [1.54, 1.807) is 6.92 Å². The van der Waals surface area contributed by atoms with Gasteiger partial charge in [-0.25, -0.2) is 0 Å². The number of hydrogen-bond donors (Lipinski definition) is 0. The first kappa shape index (κ1) is 15.1. The number of Topliss-reactive ketones (excluding diaryl/α,β-unsaturated/α-hetero) is 1. The quantitative estimate of drug-likeness (QED) is 0.856. The summed E-state index contributed by atoms with van der Waals surface area (Å²) in [6.07, 6.45) is 3.45. The normalized spacial score (nSPS) is 19.4. The van der Waals surface area contributed by atoms with Crippen LogP contribution in [0.15, 0.2) is 0 Å². The summed E-state index contributed by atoms with van der Waals surface area (Å²) >= 11 is 1.16. The number of nitrogens with zero attached hydrogens (tertiary/aromatic N) is 3. The second-order valence-electron chi connectivity index (χ2n) is 5.70. The minimum Gasteiger partial charge on any atom is -0.334 e. The lowest BCUT2D eigenvalue weighted by Crippen LogP contribution is -2.44. The summed E-state index contributed by atoms with van der Waals surface area (Å²) in [7, 11) is 0. The molecule has 1 amide bonds. The Morgan fingerprint density at radius 2 is 2.15 bits per heavy atom. The number of amides is 1. The third-order valence-electron chi connectivity index (χ3n) is 3.67. The molecular weight excluding hydrogens is 274 g/mol. The number of rotatable bonds is 4. The lowest BCUT2D eigenvalue weighted by Gasteiger charge is -2.35. The van der Waals surface area contributed by atoms with E-state index in [1.807, 2.05) is 18.7 Å². The Kier molecular flexibility index (Phi) is 4.86. The minimum absolute atomic E-state index is 0.00495. The van der Waals surface area contributed by atoms with Crippen molar-refractivity contribution in [3.05, 3.63) is 10.6 Å². The van der Waals surface area contributed by atoms with E-state index in [1.165, 1.54) is 0 Å². The molecule has 5 nitrogen and oxygen atoms in total. The Balaban J connectivity index is 2.21. The number of likely N-dealkylation sites (tertiary alicyclic amines) is 1. The van der Waals surface area contributed by atoms with Crippen molar-refractivity contribution >= 4 is 23.2 Å². The third kappa shape index (κ3) is 3.23. The molecule has 0 bridgehead atoms. The van der Waals surface area contributed by atoms with Crippen LogP contribution in [0, 0.1) is 0 Å². The van der Waals surface area contributed by atoms with Crippen LogP contribution >= 0.6 is 11.5 Å². The maximum absolute atomic E-state index is 12.7. The van der Waals surface area contributed by atoms with Crippen LogP contribution in [0.1, 0.15) is 67.7 Å². The Morgan fingerprint density at radius 1 is 1.40 bits per heavy atom. The highest BCUT2D eigenvalue weighted by molar-refractivity contribution is 7.08. The van der Waals surface area contributed by atoms with Crippen LogP contribution in [-0.2, 0) is 4.79 Å². The molecule has 1 aromatic heterocycles. The highest BCUT2D eigenvalue weighted by Crippen LogP contribution is 2.26. The number of aromatic nitrogens is 2. The van der Waals surface area contributed by atoms with Crippen molar-refractivity contribution < 1.29 is 9.59 Å². The molecule has 1 aliphatic heterocycles. The van der Waals surface area contributed by atoms with Crippen molar-refractivity contribution in [3.63, 3.8) is 0 Å². The molecule has 0 aromatic carbocycles. The van der Waals surface area contributed by atoms with Gasteiger partial charge in [-0.15, -0.1) is 5.10 Å². The largest absolute Gasteiger partial charge is 0.334 e. The van der Waals surface area contributed by atoms with Gasteiger partial charge in [0.2, 0.25) is 0 Å². The molecule has 1 atom stereocenters. The number of piperidine rings is 1. The van der Waals surface area contributed by atoms with E-state index in [9.17, 15) is 9.59 Å². The van der Waals surface area contributed by atoms with Crippen LogP contribution in [0.5, 0.6) is 0 Å². The average molecular weight is 295 g/mol. The zero-order chi connectivity index (χ0) is 14.7. The molecule has 0 spiro atoms. The molecular formula is C14H21N3O2S. The fourth-order valence-electron chi connectivity index (χ4n) is 2.67. The van der Waals surface area contributed by atoms with Crippen LogP contribution in [-0.4, -0.2) is 38.8 Å². The van der Waals surface area contributed by atoms with E-state index in [4.69, 9.17) is 0 Å². The fraction of sp³-hybridized carbons (Fsp3) is 0.714. The second kappa shape index (κ2) is 6.43. The highest BCUT2D eigenvalue weighted by Gasteiger charge is 2.31. The van der Waals surface area contributed by atoms with Crippen LogP contribution in [0.3, 0.4) is 0 Å². The molecule has 2 heterocycles. The molecule has 0 radical (unpaired) electrons. The van der Waals surface area contributed by atoms with Crippen molar-refractivity contribution in [1.82, 2.24) is 14.5 Å². The van der Waals surface area contributed by atoms with E-state index in [-0.39, 0.29) is 23.7 Å². The fourth-order valence-corrected chi connectivity index (χ4v) is 3.44. The summed E-state index contributed by atoms with van der Waals surface area (Å²) in [5.41, 5.74) is 0.771. The minimum atomic E-state index is -0.00495. The molecule has 110 valence electrons. The van der Waals surface area contributed by atoms with Gasteiger partial charge in [-0.2, -0.15) is 0 Å². The van der Waals surface area contributed by atoms with Gasteiger partial charge >= 0.3 is 0 Å². The summed E-state index contributed by atoms with van der Waals surface area (Å²) in [4.78, 5) is 26.6. The maximum atomic E-state index is 12.7. The van der Waals surface area contributed by atoms with Crippen LogP contribution < -0.4 is 0 Å². The molecule has 20 heavy (non-hydrogen) atoms. The number of hydrogen-bond acceptors (Lipinski definition) is 5. The summed E-state index contributed by atoms with van der Waals surface area (Å²) in [5.74, 6) is 0.319. The van der Waals surface area contributed by atoms with Crippen molar-refractivity contribution in [3.8, 4) is 0 Å². The van der Waals surface area contributed by atoms with Crippen molar-refractivity contribution in [2.75, 3.05) is 6.54 Å². The highest BCUT2D eigenvalue weighted by atomic mass is 32.1. The van der Waals surface area contributed by atoms with Crippen LogP contribution in [0.2, 0.25) is 0 Å². The van der Waals surface area contributed by atoms with Gasteiger partial charge in [-0.1, -0.05) is 18.3 Å². The standard InChI is InChI=1S/C14H21N3O2S/c1-9(2)12-13(20-16-15-12)14(19)17-7-5-4-6-11(17)8-10(3)18/h9,11H,4-8H2,1-3H3. The SMILES string of the molecule is CC(=O)CC1CCCCN1C(=O)c1snnc1C(C)C. The van der Waals surface area contributed by atoms with Crippen LogP contribution in [0.25, 0.3) is 0 Å². The monoisotopic (exact) mass is 295 g/mol. The van der Waals surface area contributed by atoms with E-state index in [0.717, 1.165) is 43.0 Å². The smallest absolute Gasteiger partial charge is 0.267 e. The molecule has 0 aliphatic carbocycles. The first-order chi connectivity index (χ1) is 9.50. The van der Waals surface area contributed by atoms with Gasteiger partial charge in [0.15, 0.2) is 0 Å². The van der Waals surface area contributed by atoms with E-state index < -0.39 is 0 Å². The summed E-state index contributed by atoms with van der Waals surface area (Å²) < 4.78 is 3.92. The zero-order valence-electron chi connectivity index (χ0n) is 12.3. The molecule has 1 saturated heterocycles. The van der Waals surface area contributed by atoms with Gasteiger partial charge in [0, 0.05) is 19.0 Å². The van der Waals surface area contributed by atoms with Crippen molar-refractivity contribution in [1.29, 1.82) is 0 Å². The van der Waals surface area contributed by atoms with E-state index in [0.29, 0.717) is 11.3 Å². The van der Waals surface area contributed by atoms with E-state index in [2.05, 4.69) is 9.59 Å². The summed E-state index contributed by atoms with van der Waals surface area (Å²) in [5, 5.41) is 4.07. The van der Waals surface area contributed by atoms with E-state index >= 15 is 0 Å². The Labute approximate surface area is 123 Å². The van der Waals surface area contributed by atoms with Gasteiger partial charge in [-0.05, 0) is 43.6 Å². The molecule has 1 aromatic rings. The number of ketones is 1. The van der Waals surface area contributed by atoms with Crippen LogP contribution in [0.4, 0.5) is 0 Å². The first-order valence-electron chi connectivity index (χ1n) is 7.13. The van der Waals surface area contributed by atoms with Gasteiger partial charge in [0.05, 0.1) is 5.69 Å². The molecule has 0 N–H and O–H groups in total. The molecule has 1 unspecified atom stereocenters. The van der Waals surface area contributed by atoms with Gasteiger partial charge < -0.3 is 4.90 Å². The topological polar surface area (TPSA) is 63.2 Å². The van der Waals surface area contributed by atoms with Crippen molar-refractivity contribution in [2.45, 2.75) is 58.4 Å². The Hall–Kier alpha value is -1.30. The average Bonchev–Trinajstić information content (AvgIpc) is 2.87. The summed E-state index contributed by atoms with van der Waals surface area (Å²) in [6.45, 7) is 6.34. The Morgan fingerprint density at radius 3 is 2.80 bits per heavy atom. The molecule has 0 saturated carbocycles.